The van der Waals surface area contributed by atoms with E-state index in [-0.39, 0.29) is 18.3 Å². The van der Waals surface area contributed by atoms with Crippen molar-refractivity contribution in [3.8, 4) is 5.75 Å². The zero-order valence-corrected chi connectivity index (χ0v) is 20.1. The molecule has 2 heterocycles. The molecule has 4 aromatic rings. The third-order valence-corrected chi connectivity index (χ3v) is 7.09. The van der Waals surface area contributed by atoms with E-state index < -0.39 is 11.3 Å². The second-order valence-electron chi connectivity index (χ2n) is 8.32. The van der Waals surface area contributed by atoms with Crippen LogP contribution in [0.1, 0.15) is 28.6 Å². The SMILES string of the molecule is Cc1ccc(NC(=O)C2Sc3nnc(COc4ccccc4)n3NC2c2ccc(F)cc2)cc1C. The summed E-state index contributed by atoms with van der Waals surface area (Å²) in [7, 11) is 0. The predicted octanol–water partition coefficient (Wildman–Crippen LogP) is 5.01. The topological polar surface area (TPSA) is 81.1 Å². The van der Waals surface area contributed by atoms with E-state index in [1.54, 1.807) is 16.8 Å². The largest absolute Gasteiger partial charge is 0.486 e. The van der Waals surface area contributed by atoms with Crippen LogP contribution in [0.15, 0.2) is 78.0 Å². The summed E-state index contributed by atoms with van der Waals surface area (Å²) in [5.74, 6) is 0.761. The highest BCUT2D eigenvalue weighted by molar-refractivity contribution is 8.00. The number of halogens is 1. The van der Waals surface area contributed by atoms with Crippen LogP contribution in [0.5, 0.6) is 5.75 Å². The number of thioether (sulfide) groups is 1. The Labute approximate surface area is 206 Å². The molecule has 0 spiro atoms. The van der Waals surface area contributed by atoms with E-state index in [0.717, 1.165) is 22.4 Å². The smallest absolute Gasteiger partial charge is 0.240 e. The molecule has 0 saturated heterocycles. The van der Waals surface area contributed by atoms with E-state index in [0.29, 0.717) is 16.7 Å². The monoisotopic (exact) mass is 489 g/mol. The van der Waals surface area contributed by atoms with Crippen molar-refractivity contribution in [3.63, 3.8) is 0 Å². The highest BCUT2D eigenvalue weighted by Gasteiger charge is 2.38. The molecule has 0 saturated carbocycles. The molecule has 0 radical (unpaired) electrons. The lowest BCUT2D eigenvalue weighted by Gasteiger charge is -2.33. The van der Waals surface area contributed by atoms with E-state index >= 15 is 0 Å². The predicted molar refractivity (Wildman–Crippen MR) is 133 cm³/mol. The molecule has 178 valence electrons. The molecule has 2 atom stereocenters. The van der Waals surface area contributed by atoms with Gasteiger partial charge in [-0.15, -0.1) is 10.2 Å². The van der Waals surface area contributed by atoms with E-state index in [4.69, 9.17) is 4.74 Å². The Bertz CT molecular complexity index is 1340. The maximum Gasteiger partial charge on any atom is 0.240 e. The molecule has 1 aromatic heterocycles. The maximum atomic E-state index is 13.6. The molecule has 0 fully saturated rings. The molecule has 9 heteroatoms. The maximum absolute atomic E-state index is 13.6. The number of amides is 1. The van der Waals surface area contributed by atoms with Gasteiger partial charge in [0, 0.05) is 5.69 Å². The zero-order chi connectivity index (χ0) is 24.4. The summed E-state index contributed by atoms with van der Waals surface area (Å²) in [5.41, 5.74) is 7.10. The van der Waals surface area contributed by atoms with Gasteiger partial charge in [-0.05, 0) is 66.9 Å². The minimum absolute atomic E-state index is 0.184. The molecule has 2 unspecified atom stereocenters. The van der Waals surface area contributed by atoms with Gasteiger partial charge in [0.1, 0.15) is 23.4 Å². The fourth-order valence-corrected chi connectivity index (χ4v) is 4.91. The van der Waals surface area contributed by atoms with Gasteiger partial charge in [0.15, 0.2) is 5.82 Å². The van der Waals surface area contributed by atoms with Crippen molar-refractivity contribution in [2.45, 2.75) is 36.9 Å². The average Bonchev–Trinajstić information content (AvgIpc) is 3.27. The lowest BCUT2D eigenvalue weighted by molar-refractivity contribution is -0.116. The van der Waals surface area contributed by atoms with Gasteiger partial charge in [0.05, 0.1) is 6.04 Å². The normalized spacial score (nSPS) is 16.8. The second kappa shape index (κ2) is 9.79. The van der Waals surface area contributed by atoms with E-state index in [2.05, 4.69) is 20.9 Å². The standard InChI is InChI=1S/C26H24FN5O2S/c1-16-8-13-20(14-17(16)2)28-25(33)24-23(18-9-11-19(27)12-10-18)31-32-22(29-30-26(32)35-24)15-34-21-6-4-3-5-7-21/h3-14,23-24,31H,15H2,1-2H3,(H,28,33). The first-order valence-corrected chi connectivity index (χ1v) is 12.0. The van der Waals surface area contributed by atoms with Crippen molar-refractivity contribution in [2.75, 3.05) is 10.7 Å². The summed E-state index contributed by atoms with van der Waals surface area (Å²) in [4.78, 5) is 13.4. The highest BCUT2D eigenvalue weighted by Crippen LogP contribution is 2.38. The molecular formula is C26H24FN5O2S. The van der Waals surface area contributed by atoms with Crippen molar-refractivity contribution in [2.24, 2.45) is 0 Å². The number of hydrogen-bond acceptors (Lipinski definition) is 6. The molecule has 35 heavy (non-hydrogen) atoms. The van der Waals surface area contributed by atoms with E-state index in [1.807, 2.05) is 62.4 Å². The average molecular weight is 490 g/mol. The van der Waals surface area contributed by atoms with Crippen LogP contribution in [0.4, 0.5) is 10.1 Å². The molecule has 1 aliphatic heterocycles. The van der Waals surface area contributed by atoms with Gasteiger partial charge in [-0.2, -0.15) is 0 Å². The molecule has 7 nitrogen and oxygen atoms in total. The number of carbonyl (C=O) groups excluding carboxylic acids is 1. The van der Waals surface area contributed by atoms with Crippen molar-refractivity contribution >= 4 is 23.4 Å². The Hall–Kier alpha value is -3.85. The van der Waals surface area contributed by atoms with Gasteiger partial charge in [-0.1, -0.05) is 48.2 Å². The number of nitrogens with zero attached hydrogens (tertiary/aromatic N) is 3. The number of rotatable bonds is 6. The number of benzene rings is 3. The number of para-hydroxylation sites is 1. The van der Waals surface area contributed by atoms with Gasteiger partial charge in [0.25, 0.3) is 0 Å². The number of nitrogens with one attached hydrogen (secondary N) is 2. The van der Waals surface area contributed by atoms with E-state index in [1.165, 1.54) is 23.9 Å². The van der Waals surface area contributed by atoms with Crippen LogP contribution in [0, 0.1) is 19.7 Å². The van der Waals surface area contributed by atoms with Crippen LogP contribution in [0.25, 0.3) is 0 Å². The summed E-state index contributed by atoms with van der Waals surface area (Å²) in [6.45, 7) is 4.23. The van der Waals surface area contributed by atoms with Crippen molar-refractivity contribution in [1.82, 2.24) is 14.9 Å². The Kier molecular flexibility index (Phi) is 6.41. The molecule has 3 aromatic carbocycles. The molecule has 5 rings (SSSR count). The molecule has 2 N–H and O–H groups in total. The van der Waals surface area contributed by atoms with Crippen LogP contribution >= 0.6 is 11.8 Å². The van der Waals surface area contributed by atoms with Crippen LogP contribution in [-0.4, -0.2) is 26.0 Å². The van der Waals surface area contributed by atoms with Crippen molar-refractivity contribution in [3.05, 3.63) is 101 Å². The van der Waals surface area contributed by atoms with Crippen molar-refractivity contribution < 1.29 is 13.9 Å². The number of anilines is 1. The summed E-state index contributed by atoms with van der Waals surface area (Å²) in [6, 6.07) is 20.9. The summed E-state index contributed by atoms with van der Waals surface area (Å²) in [5, 5.41) is 11.5. The van der Waals surface area contributed by atoms with Gasteiger partial charge < -0.3 is 15.5 Å². The number of fused-ring (bicyclic) bond motifs is 1. The number of hydrogen-bond donors (Lipinski definition) is 2. The van der Waals surface area contributed by atoms with Gasteiger partial charge in [0.2, 0.25) is 11.1 Å². The Balaban J connectivity index is 1.42. The Morgan fingerprint density at radius 3 is 2.57 bits per heavy atom. The summed E-state index contributed by atoms with van der Waals surface area (Å²) in [6.07, 6.45) is 0. The summed E-state index contributed by atoms with van der Waals surface area (Å²) >= 11 is 1.31. The first kappa shape index (κ1) is 22.9. The zero-order valence-electron chi connectivity index (χ0n) is 19.2. The molecule has 1 aliphatic rings. The number of carbonyl (C=O) groups is 1. The Morgan fingerprint density at radius 1 is 1.06 bits per heavy atom. The lowest BCUT2D eigenvalue weighted by Crippen LogP contribution is -2.41. The number of aryl methyl sites for hydroxylation is 2. The van der Waals surface area contributed by atoms with Crippen LogP contribution < -0.4 is 15.5 Å². The van der Waals surface area contributed by atoms with Crippen molar-refractivity contribution in [1.29, 1.82) is 0 Å². The first-order valence-electron chi connectivity index (χ1n) is 11.2. The second-order valence-corrected chi connectivity index (χ2v) is 9.43. The Morgan fingerprint density at radius 2 is 1.83 bits per heavy atom. The van der Waals surface area contributed by atoms with E-state index in [9.17, 15) is 9.18 Å². The highest BCUT2D eigenvalue weighted by atomic mass is 32.2. The van der Waals surface area contributed by atoms with Crippen LogP contribution in [-0.2, 0) is 11.4 Å². The quantitative estimate of drug-likeness (QED) is 0.396. The minimum Gasteiger partial charge on any atom is -0.486 e. The number of ether oxygens (including phenoxy) is 1. The van der Waals surface area contributed by atoms with Crippen LogP contribution in [0.2, 0.25) is 0 Å². The number of aromatic nitrogens is 3. The summed E-state index contributed by atoms with van der Waals surface area (Å²) < 4.78 is 21.2. The first-order chi connectivity index (χ1) is 17.0. The minimum atomic E-state index is -0.568. The van der Waals surface area contributed by atoms with Crippen LogP contribution in [0.3, 0.4) is 0 Å². The fourth-order valence-electron chi connectivity index (χ4n) is 3.81. The third kappa shape index (κ3) is 5.00. The third-order valence-electron chi connectivity index (χ3n) is 5.88. The molecule has 0 bridgehead atoms. The van der Waals surface area contributed by atoms with Gasteiger partial charge in [-0.25, -0.2) is 9.07 Å². The lowest BCUT2D eigenvalue weighted by atomic mass is 10.0. The molecule has 1 amide bonds. The molecular weight excluding hydrogens is 465 g/mol. The fraction of sp³-hybridized carbons (Fsp3) is 0.192. The van der Waals surface area contributed by atoms with Gasteiger partial charge in [-0.3, -0.25) is 4.79 Å². The molecule has 0 aliphatic carbocycles. The van der Waals surface area contributed by atoms with Gasteiger partial charge >= 0.3 is 0 Å².